The van der Waals surface area contributed by atoms with Gasteiger partial charge in [-0.2, -0.15) is 0 Å². The average Bonchev–Trinajstić information content (AvgIpc) is 3.62. The number of nitrogens with zero attached hydrogens (tertiary/aromatic N) is 3. The van der Waals surface area contributed by atoms with Crippen LogP contribution in [0.3, 0.4) is 0 Å². The van der Waals surface area contributed by atoms with E-state index in [0.29, 0.717) is 16.9 Å². The van der Waals surface area contributed by atoms with E-state index in [1.54, 1.807) is 17.4 Å². The van der Waals surface area contributed by atoms with Gasteiger partial charge in [0.2, 0.25) is 0 Å². The van der Waals surface area contributed by atoms with E-state index in [0.717, 1.165) is 40.6 Å². The molecule has 7 heteroatoms. The zero-order valence-corrected chi connectivity index (χ0v) is 19.2. The molecule has 3 N–H and O–H groups in total. The Labute approximate surface area is 197 Å². The third-order valence-corrected chi connectivity index (χ3v) is 7.23. The Morgan fingerprint density at radius 2 is 1.97 bits per heavy atom. The second-order valence-corrected chi connectivity index (χ2v) is 9.57. The zero-order chi connectivity index (χ0) is 22.6. The number of nitrogen functional groups attached to an aromatic ring is 1. The summed E-state index contributed by atoms with van der Waals surface area (Å²) in [5, 5.41) is 13.6. The Balaban J connectivity index is 1.29. The molecule has 0 aliphatic heterocycles. The molecule has 0 unspecified atom stereocenters. The standard InChI is InChI=1S/C26H27N5OS/c27-22-11-10-20(25-9-4-14-33-25)16-23(22)28-26(32)21-8-3-7-19(15-21)24-17-31(30-29-24)13-12-18-5-1-2-6-18/h3-4,7-11,14-18H,1-2,5-6,12-13,27H2,(H,28,32). The van der Waals surface area contributed by atoms with Gasteiger partial charge >= 0.3 is 0 Å². The molecule has 0 saturated heterocycles. The first-order chi connectivity index (χ1) is 16.2. The highest BCUT2D eigenvalue weighted by Gasteiger charge is 2.16. The van der Waals surface area contributed by atoms with Crippen molar-refractivity contribution in [1.82, 2.24) is 15.0 Å². The summed E-state index contributed by atoms with van der Waals surface area (Å²) in [5.41, 5.74) is 10.5. The van der Waals surface area contributed by atoms with E-state index < -0.39 is 0 Å². The van der Waals surface area contributed by atoms with Crippen molar-refractivity contribution in [2.24, 2.45) is 5.92 Å². The first-order valence-electron chi connectivity index (χ1n) is 11.4. The molecule has 1 aliphatic rings. The van der Waals surface area contributed by atoms with E-state index in [2.05, 4.69) is 15.6 Å². The highest BCUT2D eigenvalue weighted by Crippen LogP contribution is 2.31. The number of rotatable bonds is 7. The maximum absolute atomic E-state index is 13.0. The van der Waals surface area contributed by atoms with Crippen molar-refractivity contribution >= 4 is 28.6 Å². The minimum absolute atomic E-state index is 0.208. The van der Waals surface area contributed by atoms with Gasteiger partial charge in [-0.1, -0.05) is 55.2 Å². The van der Waals surface area contributed by atoms with E-state index in [1.807, 2.05) is 64.8 Å². The summed E-state index contributed by atoms with van der Waals surface area (Å²) in [5.74, 6) is 0.607. The quantitative estimate of drug-likeness (QED) is 0.329. The molecule has 168 valence electrons. The van der Waals surface area contributed by atoms with Crippen molar-refractivity contribution in [3.63, 3.8) is 0 Å². The largest absolute Gasteiger partial charge is 0.397 e. The van der Waals surface area contributed by atoms with Crippen LogP contribution in [0.5, 0.6) is 0 Å². The van der Waals surface area contributed by atoms with Crippen molar-refractivity contribution in [2.75, 3.05) is 11.1 Å². The number of carbonyl (C=O) groups excluding carboxylic acids is 1. The van der Waals surface area contributed by atoms with E-state index in [1.165, 1.54) is 25.7 Å². The van der Waals surface area contributed by atoms with Gasteiger partial charge < -0.3 is 11.1 Å². The lowest BCUT2D eigenvalue weighted by atomic mass is 10.0. The van der Waals surface area contributed by atoms with Crippen molar-refractivity contribution < 1.29 is 4.79 Å². The molecule has 0 spiro atoms. The lowest BCUT2D eigenvalue weighted by molar-refractivity contribution is 0.102. The van der Waals surface area contributed by atoms with Crippen LogP contribution in [0, 0.1) is 5.92 Å². The summed E-state index contributed by atoms with van der Waals surface area (Å²) in [6.07, 6.45) is 8.49. The van der Waals surface area contributed by atoms with Crippen LogP contribution < -0.4 is 11.1 Å². The average molecular weight is 458 g/mol. The maximum Gasteiger partial charge on any atom is 0.255 e. The molecule has 0 atom stereocenters. The molecule has 1 saturated carbocycles. The fraction of sp³-hybridized carbons (Fsp3) is 0.269. The third kappa shape index (κ3) is 4.98. The lowest BCUT2D eigenvalue weighted by Crippen LogP contribution is -2.13. The maximum atomic E-state index is 13.0. The molecule has 33 heavy (non-hydrogen) atoms. The van der Waals surface area contributed by atoms with Crippen LogP contribution in [0.25, 0.3) is 21.7 Å². The summed E-state index contributed by atoms with van der Waals surface area (Å²) < 4.78 is 1.91. The fourth-order valence-corrected chi connectivity index (χ4v) is 5.15. The van der Waals surface area contributed by atoms with Crippen molar-refractivity contribution in [3.8, 4) is 21.7 Å². The SMILES string of the molecule is Nc1ccc(-c2cccs2)cc1NC(=O)c1cccc(-c2cn(CCC3CCCC3)nn2)c1. The molecule has 4 aromatic rings. The van der Waals surface area contributed by atoms with E-state index >= 15 is 0 Å². The summed E-state index contributed by atoms with van der Waals surface area (Å²) in [6, 6.07) is 17.2. The van der Waals surface area contributed by atoms with Gasteiger partial charge in [0.15, 0.2) is 0 Å². The number of thiophene rings is 1. The number of hydrogen-bond acceptors (Lipinski definition) is 5. The molecular formula is C26H27N5OS. The van der Waals surface area contributed by atoms with Crippen molar-refractivity contribution in [2.45, 2.75) is 38.6 Å². The van der Waals surface area contributed by atoms with Gasteiger partial charge in [-0.3, -0.25) is 9.48 Å². The molecule has 2 aromatic heterocycles. The molecule has 6 nitrogen and oxygen atoms in total. The van der Waals surface area contributed by atoms with Gasteiger partial charge in [-0.05, 0) is 53.6 Å². The number of hydrogen-bond donors (Lipinski definition) is 2. The number of anilines is 2. The van der Waals surface area contributed by atoms with Crippen LogP contribution in [0.2, 0.25) is 0 Å². The van der Waals surface area contributed by atoms with E-state index in [4.69, 9.17) is 5.73 Å². The molecule has 5 rings (SSSR count). The number of nitrogens with one attached hydrogen (secondary N) is 1. The number of aryl methyl sites for hydroxylation is 1. The summed E-state index contributed by atoms with van der Waals surface area (Å²) in [4.78, 5) is 14.1. The molecule has 1 aliphatic carbocycles. The van der Waals surface area contributed by atoms with Crippen molar-refractivity contribution in [1.29, 1.82) is 0 Å². The van der Waals surface area contributed by atoms with Crippen LogP contribution in [-0.4, -0.2) is 20.9 Å². The van der Waals surface area contributed by atoms with Gasteiger partial charge in [-0.15, -0.1) is 16.4 Å². The van der Waals surface area contributed by atoms with Crippen LogP contribution >= 0.6 is 11.3 Å². The van der Waals surface area contributed by atoms with Crippen LogP contribution in [-0.2, 0) is 6.54 Å². The van der Waals surface area contributed by atoms with Crippen molar-refractivity contribution in [3.05, 3.63) is 71.7 Å². The topological polar surface area (TPSA) is 85.8 Å². The second kappa shape index (κ2) is 9.58. The van der Waals surface area contributed by atoms with E-state index in [9.17, 15) is 4.79 Å². The Hall–Kier alpha value is -3.45. The minimum Gasteiger partial charge on any atom is -0.397 e. The fourth-order valence-electron chi connectivity index (χ4n) is 4.43. The molecule has 0 radical (unpaired) electrons. The monoisotopic (exact) mass is 457 g/mol. The Kier molecular flexibility index (Phi) is 6.21. The molecule has 1 fully saturated rings. The summed E-state index contributed by atoms with van der Waals surface area (Å²) in [7, 11) is 0. The first kappa shape index (κ1) is 21.4. The molecular weight excluding hydrogens is 430 g/mol. The predicted octanol–water partition coefficient (Wildman–Crippen LogP) is 6.09. The molecule has 0 bridgehead atoms. The molecule has 2 aromatic carbocycles. The Bertz CT molecular complexity index is 1240. The Morgan fingerprint density at radius 1 is 1.09 bits per heavy atom. The number of aromatic nitrogens is 3. The van der Waals surface area contributed by atoms with Crippen LogP contribution in [0.1, 0.15) is 42.5 Å². The highest BCUT2D eigenvalue weighted by atomic mass is 32.1. The van der Waals surface area contributed by atoms with Crippen LogP contribution in [0.15, 0.2) is 66.2 Å². The predicted molar refractivity (Wildman–Crippen MR) is 134 cm³/mol. The summed E-state index contributed by atoms with van der Waals surface area (Å²) >= 11 is 1.65. The molecule has 2 heterocycles. The van der Waals surface area contributed by atoms with E-state index in [-0.39, 0.29) is 5.91 Å². The zero-order valence-electron chi connectivity index (χ0n) is 18.4. The van der Waals surface area contributed by atoms with Gasteiger partial charge in [-0.25, -0.2) is 0 Å². The lowest BCUT2D eigenvalue weighted by Gasteiger charge is -2.10. The second-order valence-electron chi connectivity index (χ2n) is 8.62. The third-order valence-electron chi connectivity index (χ3n) is 6.31. The number of benzene rings is 2. The Morgan fingerprint density at radius 3 is 2.79 bits per heavy atom. The van der Waals surface area contributed by atoms with Crippen LogP contribution in [0.4, 0.5) is 11.4 Å². The van der Waals surface area contributed by atoms with Gasteiger partial charge in [0.25, 0.3) is 5.91 Å². The van der Waals surface area contributed by atoms with Gasteiger partial charge in [0.1, 0.15) is 5.69 Å². The van der Waals surface area contributed by atoms with Gasteiger partial charge in [0, 0.05) is 22.5 Å². The van der Waals surface area contributed by atoms with Gasteiger partial charge in [0.05, 0.1) is 17.6 Å². The number of nitrogens with two attached hydrogens (primary N) is 1. The smallest absolute Gasteiger partial charge is 0.255 e. The number of carbonyl (C=O) groups is 1. The summed E-state index contributed by atoms with van der Waals surface area (Å²) in [6.45, 7) is 0.887. The normalized spacial score (nSPS) is 13.9. The highest BCUT2D eigenvalue weighted by molar-refractivity contribution is 7.13. The minimum atomic E-state index is -0.208. The number of amides is 1. The molecule has 1 amide bonds. The first-order valence-corrected chi connectivity index (χ1v) is 12.3.